The monoisotopic (exact) mass is 398 g/mol. The number of hydrogen-bond acceptors (Lipinski definition) is 3. The van der Waals surface area contributed by atoms with Crippen LogP contribution in [0.2, 0.25) is 0 Å². The Bertz CT molecular complexity index is 974. The number of halogens is 3. The van der Waals surface area contributed by atoms with Crippen LogP contribution in [-0.4, -0.2) is 33.1 Å². The molecule has 1 N–H and O–H groups in total. The first kappa shape index (κ1) is 19.4. The first-order chi connectivity index (χ1) is 12.6. The number of carbonyl (C=O) groups excluding carboxylic acids is 1. The van der Waals surface area contributed by atoms with Crippen molar-refractivity contribution in [2.24, 2.45) is 0 Å². The molecule has 2 aromatic rings. The van der Waals surface area contributed by atoms with Crippen molar-refractivity contribution in [3.63, 3.8) is 0 Å². The molecule has 1 amide bonds. The van der Waals surface area contributed by atoms with E-state index in [1.54, 1.807) is 11.0 Å². The number of nitrogens with one attached hydrogen (secondary N) is 1. The smallest absolute Gasteiger partial charge is 0.305 e. The molecule has 144 valence electrons. The van der Waals surface area contributed by atoms with Crippen molar-refractivity contribution < 1.29 is 26.4 Å². The summed E-state index contributed by atoms with van der Waals surface area (Å²) in [6.07, 6.45) is -4.00. The van der Waals surface area contributed by atoms with E-state index in [4.69, 9.17) is 0 Å². The highest BCUT2D eigenvalue weighted by molar-refractivity contribution is 7.89. The van der Waals surface area contributed by atoms with Gasteiger partial charge in [-0.25, -0.2) is 13.1 Å². The van der Waals surface area contributed by atoms with E-state index in [9.17, 15) is 26.4 Å². The molecule has 1 heterocycles. The number of benzene rings is 2. The second-order valence-electron chi connectivity index (χ2n) is 6.32. The predicted octanol–water partition coefficient (Wildman–Crippen LogP) is 3.12. The molecule has 0 fully saturated rings. The van der Waals surface area contributed by atoms with E-state index >= 15 is 0 Å². The van der Waals surface area contributed by atoms with Crippen molar-refractivity contribution in [1.82, 2.24) is 4.72 Å². The lowest BCUT2D eigenvalue weighted by atomic mass is 10.1. The van der Waals surface area contributed by atoms with Crippen LogP contribution in [-0.2, 0) is 16.4 Å². The second-order valence-corrected chi connectivity index (χ2v) is 8.09. The van der Waals surface area contributed by atoms with Gasteiger partial charge in [-0.1, -0.05) is 24.3 Å². The molecule has 0 unspecified atom stereocenters. The molecule has 1 aliphatic rings. The molecule has 1 atom stereocenters. The SMILES string of the molecule is C[C@H]1Cc2ccccc2N1C(=O)c1cccc(S(=O)(=O)NCC(F)(F)F)c1. The number of hydrogen-bond donors (Lipinski definition) is 1. The first-order valence-corrected chi connectivity index (χ1v) is 9.65. The maximum absolute atomic E-state index is 12.9. The topological polar surface area (TPSA) is 66.5 Å². The molecular formula is C18H17F3N2O3S. The fraction of sp³-hybridized carbons (Fsp3) is 0.278. The zero-order valence-corrected chi connectivity index (χ0v) is 15.1. The second kappa shape index (κ2) is 6.97. The Morgan fingerprint density at radius 3 is 2.59 bits per heavy atom. The van der Waals surface area contributed by atoms with Gasteiger partial charge in [0.2, 0.25) is 10.0 Å². The zero-order chi connectivity index (χ0) is 19.8. The third kappa shape index (κ3) is 4.14. The van der Waals surface area contributed by atoms with Gasteiger partial charge >= 0.3 is 6.18 Å². The summed E-state index contributed by atoms with van der Waals surface area (Å²) in [6, 6.07) is 12.3. The molecule has 0 radical (unpaired) electrons. The highest BCUT2D eigenvalue weighted by Crippen LogP contribution is 2.33. The van der Waals surface area contributed by atoms with Crippen LogP contribution in [0, 0.1) is 0 Å². The van der Waals surface area contributed by atoms with Gasteiger partial charge in [0.15, 0.2) is 0 Å². The van der Waals surface area contributed by atoms with Crippen molar-refractivity contribution in [3.8, 4) is 0 Å². The Labute approximate surface area is 154 Å². The molecule has 0 aliphatic carbocycles. The summed E-state index contributed by atoms with van der Waals surface area (Å²) >= 11 is 0. The number of anilines is 1. The summed E-state index contributed by atoms with van der Waals surface area (Å²) in [5, 5.41) is 0. The average molecular weight is 398 g/mol. The maximum Gasteiger partial charge on any atom is 0.402 e. The number of amides is 1. The van der Waals surface area contributed by atoms with Gasteiger partial charge in [0.05, 0.1) is 4.90 Å². The zero-order valence-electron chi connectivity index (χ0n) is 14.3. The van der Waals surface area contributed by atoms with Gasteiger partial charge in [0.1, 0.15) is 6.54 Å². The van der Waals surface area contributed by atoms with Gasteiger partial charge < -0.3 is 4.90 Å². The van der Waals surface area contributed by atoms with E-state index in [2.05, 4.69) is 0 Å². The molecule has 27 heavy (non-hydrogen) atoms. The van der Waals surface area contributed by atoms with Crippen LogP contribution in [0.5, 0.6) is 0 Å². The van der Waals surface area contributed by atoms with Crippen molar-refractivity contribution >= 4 is 21.6 Å². The van der Waals surface area contributed by atoms with Crippen LogP contribution >= 0.6 is 0 Å². The van der Waals surface area contributed by atoms with Crippen LogP contribution in [0.15, 0.2) is 53.4 Å². The number of para-hydroxylation sites is 1. The summed E-state index contributed by atoms with van der Waals surface area (Å²) < 4.78 is 62.6. The van der Waals surface area contributed by atoms with E-state index in [0.29, 0.717) is 6.42 Å². The quantitative estimate of drug-likeness (QED) is 0.861. The molecule has 3 rings (SSSR count). The Morgan fingerprint density at radius 2 is 1.89 bits per heavy atom. The first-order valence-electron chi connectivity index (χ1n) is 8.16. The molecule has 0 spiro atoms. The van der Waals surface area contributed by atoms with Crippen molar-refractivity contribution in [2.45, 2.75) is 30.5 Å². The van der Waals surface area contributed by atoms with Gasteiger partial charge in [-0.15, -0.1) is 0 Å². The number of alkyl halides is 3. The van der Waals surface area contributed by atoms with E-state index in [-0.39, 0.29) is 11.6 Å². The lowest BCUT2D eigenvalue weighted by Crippen LogP contribution is -2.36. The number of nitrogens with zero attached hydrogens (tertiary/aromatic N) is 1. The van der Waals surface area contributed by atoms with Gasteiger partial charge in [-0.2, -0.15) is 13.2 Å². The van der Waals surface area contributed by atoms with E-state index < -0.39 is 33.5 Å². The van der Waals surface area contributed by atoms with Crippen LogP contribution in [0.25, 0.3) is 0 Å². The van der Waals surface area contributed by atoms with Crippen molar-refractivity contribution in [3.05, 3.63) is 59.7 Å². The van der Waals surface area contributed by atoms with Gasteiger partial charge in [-0.05, 0) is 43.2 Å². The molecular weight excluding hydrogens is 381 g/mol. The van der Waals surface area contributed by atoms with Crippen LogP contribution in [0.1, 0.15) is 22.8 Å². The highest BCUT2D eigenvalue weighted by Gasteiger charge is 2.33. The third-order valence-electron chi connectivity index (χ3n) is 4.28. The number of fused-ring (bicyclic) bond motifs is 1. The Balaban J connectivity index is 1.89. The summed E-state index contributed by atoms with van der Waals surface area (Å²) in [5.74, 6) is -0.402. The largest absolute Gasteiger partial charge is 0.402 e. The van der Waals surface area contributed by atoms with Crippen molar-refractivity contribution in [2.75, 3.05) is 11.4 Å². The molecule has 2 aromatic carbocycles. The Kier molecular flexibility index (Phi) is 5.00. The fourth-order valence-corrected chi connectivity index (χ4v) is 4.13. The number of rotatable bonds is 4. The molecule has 1 aliphatic heterocycles. The molecule has 0 bridgehead atoms. The van der Waals surface area contributed by atoms with E-state index in [0.717, 1.165) is 23.4 Å². The van der Waals surface area contributed by atoms with Crippen molar-refractivity contribution in [1.29, 1.82) is 0 Å². The number of carbonyl (C=O) groups is 1. The van der Waals surface area contributed by atoms with E-state index in [1.807, 2.05) is 25.1 Å². The Hall–Kier alpha value is -2.39. The minimum Gasteiger partial charge on any atom is -0.305 e. The lowest BCUT2D eigenvalue weighted by molar-refractivity contribution is -0.121. The third-order valence-corrected chi connectivity index (χ3v) is 5.68. The summed E-state index contributed by atoms with van der Waals surface area (Å²) in [7, 11) is -4.39. The molecule has 9 heteroatoms. The lowest BCUT2D eigenvalue weighted by Gasteiger charge is -2.23. The standard InChI is InChI=1S/C18H17F3N2O3S/c1-12-9-13-5-2-3-8-16(13)23(12)17(24)14-6-4-7-15(10-14)27(25,26)22-11-18(19,20)21/h2-8,10,12,22H,9,11H2,1H3/t12-/m0/s1. The van der Waals surface area contributed by atoms with Gasteiger partial charge in [0, 0.05) is 17.3 Å². The highest BCUT2D eigenvalue weighted by atomic mass is 32.2. The summed E-state index contributed by atoms with van der Waals surface area (Å²) in [4.78, 5) is 14.1. The van der Waals surface area contributed by atoms with Crippen LogP contribution < -0.4 is 9.62 Å². The summed E-state index contributed by atoms with van der Waals surface area (Å²) in [6.45, 7) is 0.202. The van der Waals surface area contributed by atoms with Crippen LogP contribution in [0.4, 0.5) is 18.9 Å². The average Bonchev–Trinajstić information content (AvgIpc) is 2.95. The maximum atomic E-state index is 12.9. The van der Waals surface area contributed by atoms with Gasteiger partial charge in [-0.3, -0.25) is 4.79 Å². The number of sulfonamides is 1. The minimum atomic E-state index is -4.67. The van der Waals surface area contributed by atoms with Gasteiger partial charge in [0.25, 0.3) is 5.91 Å². The molecule has 0 aromatic heterocycles. The molecule has 5 nitrogen and oxygen atoms in total. The predicted molar refractivity (Wildman–Crippen MR) is 94.1 cm³/mol. The fourth-order valence-electron chi connectivity index (χ4n) is 3.07. The normalized spacial score (nSPS) is 17.0. The van der Waals surface area contributed by atoms with E-state index in [1.165, 1.54) is 16.9 Å². The van der Waals surface area contributed by atoms with Crippen LogP contribution in [0.3, 0.4) is 0 Å². The molecule has 0 saturated carbocycles. The Morgan fingerprint density at radius 1 is 1.19 bits per heavy atom. The summed E-state index contributed by atoms with van der Waals surface area (Å²) in [5.41, 5.74) is 1.85. The minimum absolute atomic E-state index is 0.0911. The molecule has 0 saturated heterocycles.